The number of rotatable bonds is 1. The number of hydrogen-bond acceptors (Lipinski definition) is 3. The highest BCUT2D eigenvalue weighted by Gasteiger charge is 2.41. The fraction of sp³-hybridized carbons (Fsp3) is 0.947. The fourth-order valence-corrected chi connectivity index (χ4v) is 4.22. The van der Waals surface area contributed by atoms with E-state index in [9.17, 15) is 9.90 Å². The third-order valence-corrected chi connectivity index (χ3v) is 5.33. The van der Waals surface area contributed by atoms with E-state index in [1.165, 1.54) is 12.8 Å². The molecule has 1 N–H and O–H groups in total. The van der Waals surface area contributed by atoms with Gasteiger partial charge in [-0.1, -0.05) is 25.7 Å². The molecule has 4 nitrogen and oxygen atoms in total. The number of ether oxygens (including phenoxy) is 1. The van der Waals surface area contributed by atoms with Crippen molar-refractivity contribution in [2.45, 2.75) is 109 Å². The molecule has 4 heteroatoms. The summed E-state index contributed by atoms with van der Waals surface area (Å²) in [5.41, 5.74) is -0.474. The second-order valence-electron chi connectivity index (χ2n) is 8.46. The molecule has 0 spiro atoms. The number of aliphatic hydroxyl groups excluding tert-OH is 1. The van der Waals surface area contributed by atoms with Gasteiger partial charge in [0, 0.05) is 18.0 Å². The van der Waals surface area contributed by atoms with Crippen LogP contribution in [0, 0.1) is 5.92 Å². The molecule has 134 valence electrons. The molecule has 0 aromatic rings. The summed E-state index contributed by atoms with van der Waals surface area (Å²) in [6.07, 6.45) is 9.30. The predicted octanol–water partition coefficient (Wildman–Crippen LogP) is 4.50. The standard InChI is InChI=1S/C19H35NO3/c1-14-10-9-12-16(20(14)18(22)23-19(2,3)4)15-11-7-5-6-8-13-17(15)21/h14-17,21H,5-13H2,1-4H3. The van der Waals surface area contributed by atoms with Crippen LogP contribution in [0.5, 0.6) is 0 Å². The maximum absolute atomic E-state index is 12.8. The van der Waals surface area contributed by atoms with E-state index in [-0.39, 0.29) is 30.2 Å². The molecule has 4 atom stereocenters. The molecule has 1 heterocycles. The first kappa shape index (κ1) is 18.6. The topological polar surface area (TPSA) is 49.8 Å². The molecule has 0 aromatic heterocycles. The van der Waals surface area contributed by atoms with Crippen LogP contribution in [0.2, 0.25) is 0 Å². The molecular formula is C19H35NO3. The average molecular weight is 325 g/mol. The van der Waals surface area contributed by atoms with E-state index in [1.807, 2.05) is 25.7 Å². The number of piperidine rings is 1. The Hall–Kier alpha value is -0.770. The molecular weight excluding hydrogens is 290 g/mol. The zero-order chi connectivity index (χ0) is 17.0. The van der Waals surface area contributed by atoms with Gasteiger partial charge in [0.15, 0.2) is 0 Å². The van der Waals surface area contributed by atoms with Crippen molar-refractivity contribution < 1.29 is 14.6 Å². The maximum atomic E-state index is 12.8. The molecule has 1 aliphatic heterocycles. The van der Waals surface area contributed by atoms with Crippen LogP contribution in [0.3, 0.4) is 0 Å². The lowest BCUT2D eigenvalue weighted by Gasteiger charge is -2.46. The van der Waals surface area contributed by atoms with Crippen LogP contribution in [0.4, 0.5) is 4.79 Å². The van der Waals surface area contributed by atoms with Crippen molar-refractivity contribution >= 4 is 6.09 Å². The number of carbonyl (C=O) groups excluding carboxylic acids is 1. The number of aliphatic hydroxyl groups is 1. The van der Waals surface area contributed by atoms with E-state index < -0.39 is 5.60 Å². The van der Waals surface area contributed by atoms with Crippen LogP contribution in [-0.2, 0) is 4.74 Å². The van der Waals surface area contributed by atoms with Crippen molar-refractivity contribution in [3.05, 3.63) is 0 Å². The van der Waals surface area contributed by atoms with E-state index in [2.05, 4.69) is 6.92 Å². The lowest BCUT2D eigenvalue weighted by atomic mass is 9.79. The summed E-state index contributed by atoms with van der Waals surface area (Å²) < 4.78 is 5.67. The Morgan fingerprint density at radius 1 is 1.00 bits per heavy atom. The minimum absolute atomic E-state index is 0.127. The van der Waals surface area contributed by atoms with Crippen LogP contribution in [0.1, 0.15) is 85.5 Å². The summed E-state index contributed by atoms with van der Waals surface area (Å²) in [5, 5.41) is 10.7. The third kappa shape index (κ3) is 5.10. The number of amides is 1. The summed E-state index contributed by atoms with van der Waals surface area (Å²) >= 11 is 0. The van der Waals surface area contributed by atoms with Gasteiger partial charge in [0.2, 0.25) is 0 Å². The third-order valence-electron chi connectivity index (χ3n) is 5.33. The van der Waals surface area contributed by atoms with Gasteiger partial charge in [-0.25, -0.2) is 4.79 Å². The van der Waals surface area contributed by atoms with Crippen molar-refractivity contribution in [1.82, 2.24) is 4.90 Å². The zero-order valence-corrected chi connectivity index (χ0v) is 15.4. The first-order chi connectivity index (χ1) is 10.8. The predicted molar refractivity (Wildman–Crippen MR) is 92.4 cm³/mol. The van der Waals surface area contributed by atoms with Crippen LogP contribution in [0.15, 0.2) is 0 Å². The van der Waals surface area contributed by atoms with E-state index in [0.717, 1.165) is 44.9 Å². The summed E-state index contributed by atoms with van der Waals surface area (Å²) in [6.45, 7) is 7.86. The SMILES string of the molecule is CC1CCCC(C2CCCCCCC2O)N1C(=O)OC(C)(C)C. The lowest BCUT2D eigenvalue weighted by molar-refractivity contribution is -0.0363. The summed E-state index contributed by atoms with van der Waals surface area (Å²) in [4.78, 5) is 14.7. The Balaban J connectivity index is 2.16. The normalized spacial score (nSPS) is 33.7. The van der Waals surface area contributed by atoms with E-state index in [4.69, 9.17) is 4.74 Å². The van der Waals surface area contributed by atoms with Gasteiger partial charge in [-0.3, -0.25) is 0 Å². The van der Waals surface area contributed by atoms with E-state index in [1.54, 1.807) is 0 Å². The molecule has 23 heavy (non-hydrogen) atoms. The first-order valence-electron chi connectivity index (χ1n) is 9.49. The number of likely N-dealkylation sites (tertiary alicyclic amines) is 1. The molecule has 2 rings (SSSR count). The highest BCUT2D eigenvalue weighted by atomic mass is 16.6. The number of carbonyl (C=O) groups is 1. The largest absolute Gasteiger partial charge is 0.444 e. The quantitative estimate of drug-likeness (QED) is 0.772. The van der Waals surface area contributed by atoms with E-state index >= 15 is 0 Å². The maximum Gasteiger partial charge on any atom is 0.410 e. The molecule has 2 fully saturated rings. The molecule has 1 saturated heterocycles. The van der Waals surface area contributed by atoms with Crippen molar-refractivity contribution in [2.75, 3.05) is 0 Å². The molecule has 0 aromatic carbocycles. The second kappa shape index (κ2) is 7.87. The number of hydrogen-bond donors (Lipinski definition) is 1. The monoisotopic (exact) mass is 325 g/mol. The van der Waals surface area contributed by atoms with Gasteiger partial charge in [0.1, 0.15) is 5.60 Å². The van der Waals surface area contributed by atoms with Gasteiger partial charge in [0.05, 0.1) is 6.10 Å². The van der Waals surface area contributed by atoms with Gasteiger partial charge in [-0.05, 0) is 59.8 Å². The molecule has 1 saturated carbocycles. The second-order valence-corrected chi connectivity index (χ2v) is 8.46. The Labute approximate surface area is 141 Å². The zero-order valence-electron chi connectivity index (χ0n) is 15.4. The van der Waals surface area contributed by atoms with Crippen LogP contribution in [-0.4, -0.2) is 39.9 Å². The molecule has 4 unspecified atom stereocenters. The fourth-order valence-electron chi connectivity index (χ4n) is 4.22. The Morgan fingerprint density at radius 3 is 2.30 bits per heavy atom. The smallest absolute Gasteiger partial charge is 0.410 e. The Morgan fingerprint density at radius 2 is 1.65 bits per heavy atom. The van der Waals surface area contributed by atoms with Crippen molar-refractivity contribution in [3.63, 3.8) is 0 Å². The summed E-state index contributed by atoms with van der Waals surface area (Å²) in [6, 6.07) is 0.322. The minimum Gasteiger partial charge on any atom is -0.444 e. The van der Waals surface area contributed by atoms with Crippen LogP contribution in [0.25, 0.3) is 0 Å². The van der Waals surface area contributed by atoms with Crippen molar-refractivity contribution in [3.8, 4) is 0 Å². The van der Waals surface area contributed by atoms with E-state index in [0.29, 0.717) is 0 Å². The molecule has 2 aliphatic rings. The highest BCUT2D eigenvalue weighted by molar-refractivity contribution is 5.69. The van der Waals surface area contributed by atoms with Gasteiger partial charge in [-0.15, -0.1) is 0 Å². The van der Waals surface area contributed by atoms with Crippen molar-refractivity contribution in [2.24, 2.45) is 5.92 Å². The van der Waals surface area contributed by atoms with Gasteiger partial charge in [-0.2, -0.15) is 0 Å². The summed E-state index contributed by atoms with van der Waals surface area (Å²) in [5.74, 6) is 0.200. The Bertz CT molecular complexity index is 391. The molecule has 0 radical (unpaired) electrons. The average Bonchev–Trinajstić information content (AvgIpc) is 2.41. The molecule has 0 bridgehead atoms. The van der Waals surface area contributed by atoms with Gasteiger partial charge in [0.25, 0.3) is 0 Å². The first-order valence-corrected chi connectivity index (χ1v) is 9.49. The van der Waals surface area contributed by atoms with Crippen molar-refractivity contribution in [1.29, 1.82) is 0 Å². The van der Waals surface area contributed by atoms with Gasteiger partial charge < -0.3 is 14.7 Å². The molecule has 1 aliphatic carbocycles. The highest BCUT2D eigenvalue weighted by Crippen LogP contribution is 2.35. The Kier molecular flexibility index (Phi) is 6.35. The minimum atomic E-state index is -0.474. The van der Waals surface area contributed by atoms with Crippen LogP contribution >= 0.6 is 0 Å². The summed E-state index contributed by atoms with van der Waals surface area (Å²) in [7, 11) is 0. The lowest BCUT2D eigenvalue weighted by Crippen LogP contribution is -2.55. The molecule has 1 amide bonds. The van der Waals surface area contributed by atoms with Crippen LogP contribution < -0.4 is 0 Å². The van der Waals surface area contributed by atoms with Gasteiger partial charge >= 0.3 is 6.09 Å². The number of nitrogens with zero attached hydrogens (tertiary/aromatic N) is 1.